The van der Waals surface area contributed by atoms with Crippen LogP contribution in [0, 0.1) is 5.92 Å². The molecule has 1 aliphatic carbocycles. The van der Waals surface area contributed by atoms with E-state index in [9.17, 15) is 4.79 Å². The van der Waals surface area contributed by atoms with Gasteiger partial charge in [0.2, 0.25) is 0 Å². The van der Waals surface area contributed by atoms with Gasteiger partial charge in [-0.1, -0.05) is 34.9 Å². The van der Waals surface area contributed by atoms with Crippen LogP contribution in [0.2, 0.25) is 0 Å². The van der Waals surface area contributed by atoms with Crippen LogP contribution in [0.3, 0.4) is 0 Å². The molecule has 1 rings (SSSR count). The van der Waals surface area contributed by atoms with Gasteiger partial charge in [0.25, 0.3) is 0 Å². The number of carbonyl (C=O) groups is 1. The Hall–Kier alpha value is -0.470. The molecule has 0 spiro atoms. The van der Waals surface area contributed by atoms with Crippen molar-refractivity contribution in [2.24, 2.45) is 5.92 Å². The van der Waals surface area contributed by atoms with Crippen molar-refractivity contribution in [2.75, 3.05) is 6.61 Å². The van der Waals surface area contributed by atoms with Gasteiger partial charge in [0.1, 0.15) is 4.49 Å². The van der Waals surface area contributed by atoms with Crippen molar-refractivity contribution in [2.45, 2.75) is 26.2 Å². The van der Waals surface area contributed by atoms with E-state index in [0.29, 0.717) is 6.61 Å². The fraction of sp³-hybridized carbons (Fsp3) is 0.545. The number of halogens is 2. The summed E-state index contributed by atoms with van der Waals surface area (Å²) >= 11 is 11.2. The van der Waals surface area contributed by atoms with Gasteiger partial charge in [-0.2, -0.15) is 0 Å². The van der Waals surface area contributed by atoms with Crippen molar-refractivity contribution < 1.29 is 9.53 Å². The SMILES string of the molecule is CCOC(=O)C(C=C(Cl)Cl)C1=CCCC1. The van der Waals surface area contributed by atoms with Gasteiger partial charge in [-0.15, -0.1) is 0 Å². The summed E-state index contributed by atoms with van der Waals surface area (Å²) in [5.74, 6) is -0.679. The van der Waals surface area contributed by atoms with Crippen molar-refractivity contribution in [1.82, 2.24) is 0 Å². The lowest BCUT2D eigenvalue weighted by Crippen LogP contribution is -2.17. The van der Waals surface area contributed by atoms with Crippen LogP contribution >= 0.6 is 23.2 Å². The molecule has 4 heteroatoms. The lowest BCUT2D eigenvalue weighted by Gasteiger charge is -2.12. The van der Waals surface area contributed by atoms with Gasteiger partial charge in [-0.3, -0.25) is 4.79 Å². The van der Waals surface area contributed by atoms with Crippen LogP contribution in [-0.2, 0) is 9.53 Å². The van der Waals surface area contributed by atoms with E-state index in [1.54, 1.807) is 6.92 Å². The number of hydrogen-bond acceptors (Lipinski definition) is 2. The topological polar surface area (TPSA) is 26.3 Å². The van der Waals surface area contributed by atoms with Gasteiger partial charge in [0, 0.05) is 0 Å². The van der Waals surface area contributed by atoms with Crippen LogP contribution in [0.5, 0.6) is 0 Å². The highest BCUT2D eigenvalue weighted by atomic mass is 35.5. The quantitative estimate of drug-likeness (QED) is 0.562. The molecule has 15 heavy (non-hydrogen) atoms. The Labute approximate surface area is 99.9 Å². The Morgan fingerprint density at radius 1 is 1.67 bits per heavy atom. The summed E-state index contributed by atoms with van der Waals surface area (Å²) in [6.45, 7) is 2.15. The van der Waals surface area contributed by atoms with E-state index >= 15 is 0 Å². The lowest BCUT2D eigenvalue weighted by atomic mass is 9.99. The first kappa shape index (κ1) is 12.6. The highest BCUT2D eigenvalue weighted by Crippen LogP contribution is 2.29. The molecule has 0 saturated carbocycles. The van der Waals surface area contributed by atoms with Crippen molar-refractivity contribution in [3.8, 4) is 0 Å². The molecule has 0 radical (unpaired) electrons. The second-order valence-corrected chi connectivity index (χ2v) is 4.37. The molecule has 0 aromatic heterocycles. The first-order valence-corrected chi connectivity index (χ1v) is 5.79. The molecular formula is C11H14Cl2O2. The molecule has 84 valence electrons. The van der Waals surface area contributed by atoms with Gasteiger partial charge < -0.3 is 4.74 Å². The van der Waals surface area contributed by atoms with Gasteiger partial charge in [-0.05, 0) is 32.3 Å². The average molecular weight is 249 g/mol. The molecule has 1 atom stereocenters. The monoisotopic (exact) mass is 248 g/mol. The molecular weight excluding hydrogens is 235 g/mol. The van der Waals surface area contributed by atoms with Crippen molar-refractivity contribution >= 4 is 29.2 Å². The largest absolute Gasteiger partial charge is 0.465 e. The van der Waals surface area contributed by atoms with E-state index in [4.69, 9.17) is 27.9 Å². The van der Waals surface area contributed by atoms with Crippen molar-refractivity contribution in [1.29, 1.82) is 0 Å². The van der Waals surface area contributed by atoms with Crippen molar-refractivity contribution in [3.05, 3.63) is 22.2 Å². The highest BCUT2D eigenvalue weighted by Gasteiger charge is 2.23. The third-order valence-corrected chi connectivity index (χ3v) is 2.56. The van der Waals surface area contributed by atoms with Crippen LogP contribution < -0.4 is 0 Å². The molecule has 1 unspecified atom stereocenters. The zero-order valence-corrected chi connectivity index (χ0v) is 10.1. The summed E-state index contributed by atoms with van der Waals surface area (Å²) < 4.78 is 5.09. The zero-order valence-electron chi connectivity index (χ0n) is 8.63. The first-order chi connectivity index (χ1) is 7.15. The number of allylic oxidation sites excluding steroid dienone is 1. The molecule has 1 aliphatic rings. The van der Waals surface area contributed by atoms with Gasteiger partial charge >= 0.3 is 5.97 Å². The number of hydrogen-bond donors (Lipinski definition) is 0. The summed E-state index contributed by atoms with van der Waals surface area (Å²) in [4.78, 5) is 11.6. The van der Waals surface area contributed by atoms with Crippen LogP contribution in [0.1, 0.15) is 26.2 Å². The maximum absolute atomic E-state index is 11.6. The third-order valence-electron chi connectivity index (χ3n) is 2.31. The van der Waals surface area contributed by atoms with Gasteiger partial charge in [0.15, 0.2) is 0 Å². The number of carbonyl (C=O) groups excluding carboxylic acids is 1. The smallest absolute Gasteiger partial charge is 0.317 e. The maximum atomic E-state index is 11.6. The lowest BCUT2D eigenvalue weighted by molar-refractivity contribution is -0.145. The molecule has 0 aromatic carbocycles. The summed E-state index contributed by atoms with van der Waals surface area (Å²) in [5.41, 5.74) is 1.06. The Morgan fingerprint density at radius 2 is 2.40 bits per heavy atom. The summed E-state index contributed by atoms with van der Waals surface area (Å²) in [5, 5.41) is 0. The molecule has 2 nitrogen and oxygen atoms in total. The summed E-state index contributed by atoms with van der Waals surface area (Å²) in [6, 6.07) is 0. The third kappa shape index (κ3) is 3.88. The minimum Gasteiger partial charge on any atom is -0.465 e. The second-order valence-electron chi connectivity index (χ2n) is 3.36. The molecule has 0 amide bonds. The molecule has 0 aromatic rings. The molecule has 0 aliphatic heterocycles. The molecule has 0 N–H and O–H groups in total. The van der Waals surface area contributed by atoms with Crippen LogP contribution in [0.25, 0.3) is 0 Å². The predicted molar refractivity (Wildman–Crippen MR) is 61.8 cm³/mol. The standard InChI is InChI=1S/C11H14Cl2O2/c1-2-15-11(14)9(7-10(12)13)8-5-3-4-6-8/h5,7,9H,2-4,6H2,1H3. The molecule has 0 saturated heterocycles. The minimum absolute atomic E-state index is 0.112. The van der Waals surface area contributed by atoms with E-state index in [1.165, 1.54) is 6.08 Å². The number of rotatable bonds is 4. The number of ether oxygens (including phenoxy) is 1. The zero-order chi connectivity index (χ0) is 11.3. The van der Waals surface area contributed by atoms with Gasteiger partial charge in [0.05, 0.1) is 12.5 Å². The van der Waals surface area contributed by atoms with E-state index in [0.717, 1.165) is 24.8 Å². The summed E-state index contributed by atoms with van der Waals surface area (Å²) in [6.07, 6.45) is 6.62. The minimum atomic E-state index is -0.405. The van der Waals surface area contributed by atoms with E-state index in [-0.39, 0.29) is 10.5 Å². The Morgan fingerprint density at radius 3 is 2.87 bits per heavy atom. The Kier molecular flexibility index (Phi) is 5.20. The molecule has 0 heterocycles. The molecule has 0 bridgehead atoms. The van der Waals surface area contributed by atoms with Crippen molar-refractivity contribution in [3.63, 3.8) is 0 Å². The van der Waals surface area contributed by atoms with Crippen LogP contribution in [0.4, 0.5) is 0 Å². The van der Waals surface area contributed by atoms with E-state index in [1.807, 2.05) is 0 Å². The van der Waals surface area contributed by atoms with Crippen LogP contribution in [0.15, 0.2) is 22.2 Å². The average Bonchev–Trinajstić information content (AvgIpc) is 2.66. The van der Waals surface area contributed by atoms with E-state index < -0.39 is 5.92 Å². The van der Waals surface area contributed by atoms with Crippen LogP contribution in [-0.4, -0.2) is 12.6 Å². The Bertz CT molecular complexity index is 291. The highest BCUT2D eigenvalue weighted by molar-refractivity contribution is 6.55. The fourth-order valence-corrected chi connectivity index (χ4v) is 1.91. The predicted octanol–water partition coefficient (Wildman–Crippen LogP) is 3.60. The van der Waals surface area contributed by atoms with E-state index in [2.05, 4.69) is 6.08 Å². The Balaban J connectivity index is 2.77. The number of esters is 1. The maximum Gasteiger partial charge on any atom is 0.317 e. The normalized spacial score (nSPS) is 16.9. The first-order valence-electron chi connectivity index (χ1n) is 5.03. The second kappa shape index (κ2) is 6.19. The summed E-state index contributed by atoms with van der Waals surface area (Å²) in [7, 11) is 0. The van der Waals surface area contributed by atoms with Gasteiger partial charge in [-0.25, -0.2) is 0 Å². The fourth-order valence-electron chi connectivity index (χ4n) is 1.66. The molecule has 0 fully saturated rings.